The van der Waals surface area contributed by atoms with Crippen LogP contribution in [0.3, 0.4) is 0 Å². The van der Waals surface area contributed by atoms with Crippen LogP contribution in [0.1, 0.15) is 19.8 Å². The minimum absolute atomic E-state index is 0.00463. The van der Waals surface area contributed by atoms with Gasteiger partial charge in [0.1, 0.15) is 0 Å². The lowest BCUT2D eigenvalue weighted by atomic mass is 9.99. The average Bonchev–Trinajstić information content (AvgIpc) is 2.04. The van der Waals surface area contributed by atoms with Crippen LogP contribution in [0.25, 0.3) is 0 Å². The first-order valence-corrected chi connectivity index (χ1v) is 3.75. The molecule has 1 rings (SSSR count). The van der Waals surface area contributed by atoms with Gasteiger partial charge in [0.05, 0.1) is 6.04 Å². The number of rotatable bonds is 0. The third kappa shape index (κ3) is 1.48. The van der Waals surface area contributed by atoms with Crippen LogP contribution >= 0.6 is 0 Å². The SMILES string of the molecule is C[C@H]1CCCNC(=O)[C@H]1N. The lowest BCUT2D eigenvalue weighted by Crippen LogP contribution is -2.42. The van der Waals surface area contributed by atoms with Gasteiger partial charge in [-0.2, -0.15) is 0 Å². The molecule has 0 radical (unpaired) electrons. The Morgan fingerprint density at radius 3 is 3.10 bits per heavy atom. The van der Waals surface area contributed by atoms with Gasteiger partial charge >= 0.3 is 0 Å². The Labute approximate surface area is 61.0 Å². The Bertz CT molecular complexity index is 136. The maximum Gasteiger partial charge on any atom is 0.237 e. The number of nitrogens with one attached hydrogen (secondary N) is 1. The Balaban J connectivity index is 2.55. The first-order chi connectivity index (χ1) is 4.72. The molecule has 1 saturated heterocycles. The van der Waals surface area contributed by atoms with Crippen LogP contribution < -0.4 is 11.1 Å². The van der Waals surface area contributed by atoms with Gasteiger partial charge in [-0.15, -0.1) is 0 Å². The van der Waals surface area contributed by atoms with Crippen molar-refractivity contribution in [3.05, 3.63) is 0 Å². The van der Waals surface area contributed by atoms with Crippen molar-refractivity contribution in [2.24, 2.45) is 11.7 Å². The normalized spacial score (nSPS) is 34.8. The van der Waals surface area contributed by atoms with Gasteiger partial charge < -0.3 is 11.1 Å². The zero-order chi connectivity index (χ0) is 7.56. The van der Waals surface area contributed by atoms with Gasteiger partial charge in [-0.3, -0.25) is 4.79 Å². The van der Waals surface area contributed by atoms with E-state index in [1.54, 1.807) is 0 Å². The molecule has 3 N–H and O–H groups in total. The third-order valence-corrected chi connectivity index (χ3v) is 2.05. The number of nitrogens with two attached hydrogens (primary N) is 1. The fourth-order valence-corrected chi connectivity index (χ4v) is 1.19. The summed E-state index contributed by atoms with van der Waals surface area (Å²) in [5.41, 5.74) is 5.61. The molecule has 0 aromatic carbocycles. The van der Waals surface area contributed by atoms with E-state index in [1.165, 1.54) is 0 Å². The molecule has 1 aliphatic heterocycles. The van der Waals surface area contributed by atoms with Gasteiger partial charge in [-0.05, 0) is 18.8 Å². The smallest absolute Gasteiger partial charge is 0.237 e. The van der Waals surface area contributed by atoms with E-state index < -0.39 is 0 Å². The van der Waals surface area contributed by atoms with E-state index >= 15 is 0 Å². The number of amides is 1. The molecule has 3 heteroatoms. The van der Waals surface area contributed by atoms with Crippen molar-refractivity contribution < 1.29 is 4.79 Å². The van der Waals surface area contributed by atoms with Crippen LogP contribution in [-0.2, 0) is 4.79 Å². The van der Waals surface area contributed by atoms with Crippen LogP contribution in [0.2, 0.25) is 0 Å². The molecule has 58 valence electrons. The maximum atomic E-state index is 11.0. The monoisotopic (exact) mass is 142 g/mol. The van der Waals surface area contributed by atoms with E-state index in [1.807, 2.05) is 6.92 Å². The molecule has 3 nitrogen and oxygen atoms in total. The zero-order valence-corrected chi connectivity index (χ0v) is 6.26. The highest BCUT2D eigenvalue weighted by Gasteiger charge is 2.22. The molecule has 2 atom stereocenters. The lowest BCUT2D eigenvalue weighted by molar-refractivity contribution is -0.122. The molecule has 1 fully saturated rings. The molecule has 10 heavy (non-hydrogen) atoms. The fraction of sp³-hybridized carbons (Fsp3) is 0.857. The minimum atomic E-state index is -0.289. The van der Waals surface area contributed by atoms with Gasteiger partial charge in [0.2, 0.25) is 5.91 Å². The van der Waals surface area contributed by atoms with Crippen molar-refractivity contribution in [1.29, 1.82) is 0 Å². The summed E-state index contributed by atoms with van der Waals surface area (Å²) in [5, 5.41) is 2.76. The summed E-state index contributed by atoms with van der Waals surface area (Å²) in [6, 6.07) is -0.289. The average molecular weight is 142 g/mol. The van der Waals surface area contributed by atoms with Crippen LogP contribution in [-0.4, -0.2) is 18.5 Å². The van der Waals surface area contributed by atoms with Crippen molar-refractivity contribution in [2.45, 2.75) is 25.8 Å². The summed E-state index contributed by atoms with van der Waals surface area (Å²) >= 11 is 0. The predicted molar refractivity (Wildman–Crippen MR) is 39.4 cm³/mol. The molecular weight excluding hydrogens is 128 g/mol. The number of hydrogen-bond donors (Lipinski definition) is 2. The topological polar surface area (TPSA) is 55.1 Å². The third-order valence-electron chi connectivity index (χ3n) is 2.05. The second-order valence-electron chi connectivity index (χ2n) is 2.94. The summed E-state index contributed by atoms with van der Waals surface area (Å²) in [6.45, 7) is 2.81. The standard InChI is InChI=1S/C7H14N2O/c1-5-3-2-4-9-7(10)6(5)8/h5-6H,2-4,8H2,1H3,(H,9,10)/t5-,6-/m0/s1. The van der Waals surface area contributed by atoms with E-state index in [0.717, 1.165) is 19.4 Å². The number of hydrogen-bond acceptors (Lipinski definition) is 2. The highest BCUT2D eigenvalue weighted by Crippen LogP contribution is 2.11. The van der Waals surface area contributed by atoms with Gasteiger partial charge in [0, 0.05) is 6.54 Å². The summed E-state index contributed by atoms with van der Waals surface area (Å²) < 4.78 is 0. The molecule has 1 heterocycles. The molecule has 0 bridgehead atoms. The minimum Gasteiger partial charge on any atom is -0.355 e. The van der Waals surface area contributed by atoms with Crippen molar-refractivity contribution in [1.82, 2.24) is 5.32 Å². The quantitative estimate of drug-likeness (QED) is 0.494. The molecule has 1 aliphatic rings. The van der Waals surface area contributed by atoms with Crippen molar-refractivity contribution in [3.63, 3.8) is 0 Å². The van der Waals surface area contributed by atoms with Crippen LogP contribution in [0.5, 0.6) is 0 Å². The van der Waals surface area contributed by atoms with Gasteiger partial charge in [-0.1, -0.05) is 6.92 Å². The Hall–Kier alpha value is -0.570. The van der Waals surface area contributed by atoms with E-state index in [-0.39, 0.29) is 11.9 Å². The molecule has 0 saturated carbocycles. The Morgan fingerprint density at radius 2 is 2.40 bits per heavy atom. The summed E-state index contributed by atoms with van der Waals surface area (Å²) in [7, 11) is 0. The Morgan fingerprint density at radius 1 is 1.70 bits per heavy atom. The highest BCUT2D eigenvalue weighted by molar-refractivity contribution is 5.81. The summed E-state index contributed by atoms with van der Waals surface area (Å²) in [5.74, 6) is 0.340. The summed E-state index contributed by atoms with van der Waals surface area (Å²) in [4.78, 5) is 11.0. The molecule has 0 aromatic rings. The molecular formula is C7H14N2O. The predicted octanol–water partition coefficient (Wildman–Crippen LogP) is -0.140. The van der Waals surface area contributed by atoms with Gasteiger partial charge in [0.15, 0.2) is 0 Å². The number of carbonyl (C=O) groups is 1. The second-order valence-corrected chi connectivity index (χ2v) is 2.94. The largest absolute Gasteiger partial charge is 0.355 e. The van der Waals surface area contributed by atoms with E-state index in [4.69, 9.17) is 5.73 Å². The zero-order valence-electron chi connectivity index (χ0n) is 6.26. The van der Waals surface area contributed by atoms with Gasteiger partial charge in [0.25, 0.3) is 0 Å². The molecule has 0 unspecified atom stereocenters. The first kappa shape index (κ1) is 7.54. The van der Waals surface area contributed by atoms with Crippen LogP contribution in [0.15, 0.2) is 0 Å². The lowest BCUT2D eigenvalue weighted by Gasteiger charge is -2.13. The van der Waals surface area contributed by atoms with Gasteiger partial charge in [-0.25, -0.2) is 0 Å². The summed E-state index contributed by atoms with van der Waals surface area (Å²) in [6.07, 6.45) is 2.11. The highest BCUT2D eigenvalue weighted by atomic mass is 16.2. The Kier molecular flexibility index (Phi) is 2.27. The maximum absolute atomic E-state index is 11.0. The van der Waals surface area contributed by atoms with Crippen LogP contribution in [0, 0.1) is 5.92 Å². The van der Waals surface area contributed by atoms with Crippen LogP contribution in [0.4, 0.5) is 0 Å². The van der Waals surface area contributed by atoms with E-state index in [9.17, 15) is 4.79 Å². The molecule has 0 spiro atoms. The van der Waals surface area contributed by atoms with E-state index in [2.05, 4.69) is 5.32 Å². The van der Waals surface area contributed by atoms with Crippen molar-refractivity contribution >= 4 is 5.91 Å². The number of carbonyl (C=O) groups excluding carboxylic acids is 1. The molecule has 1 amide bonds. The first-order valence-electron chi connectivity index (χ1n) is 3.75. The van der Waals surface area contributed by atoms with E-state index in [0.29, 0.717) is 5.92 Å². The fourth-order valence-electron chi connectivity index (χ4n) is 1.19. The molecule has 0 aliphatic carbocycles. The second kappa shape index (κ2) is 3.01. The van der Waals surface area contributed by atoms with Crippen molar-refractivity contribution in [2.75, 3.05) is 6.54 Å². The molecule has 0 aromatic heterocycles. The van der Waals surface area contributed by atoms with Crippen molar-refractivity contribution in [3.8, 4) is 0 Å².